The van der Waals surface area contributed by atoms with Crippen LogP contribution >= 0.6 is 0 Å². The standard InChI is InChI=1S/C19H29N3O4/c20-15(11-4-2-1-3-5-11)18(24)21-9-8-14-16(21)13(19(25)26)10-22(14)17(23)12-6-7-12/h11-16H,1-10,20H2,(H,25,26). The molecule has 0 spiro atoms. The van der Waals surface area contributed by atoms with Crippen LogP contribution in [0.25, 0.3) is 0 Å². The number of amides is 2. The lowest BCUT2D eigenvalue weighted by Gasteiger charge is -2.33. The fourth-order valence-corrected chi connectivity index (χ4v) is 5.27. The van der Waals surface area contributed by atoms with Gasteiger partial charge in [-0.15, -0.1) is 0 Å². The number of carbonyl (C=O) groups is 3. The molecular formula is C19H29N3O4. The lowest BCUT2D eigenvalue weighted by Crippen LogP contribution is -2.53. The summed E-state index contributed by atoms with van der Waals surface area (Å²) in [4.78, 5) is 40.9. The third kappa shape index (κ3) is 3.00. The van der Waals surface area contributed by atoms with Gasteiger partial charge in [0.25, 0.3) is 0 Å². The molecule has 7 heteroatoms. The van der Waals surface area contributed by atoms with E-state index in [2.05, 4.69) is 0 Å². The van der Waals surface area contributed by atoms with Crippen molar-refractivity contribution in [2.24, 2.45) is 23.5 Å². The van der Waals surface area contributed by atoms with Crippen molar-refractivity contribution in [1.29, 1.82) is 0 Å². The Balaban J connectivity index is 1.51. The van der Waals surface area contributed by atoms with E-state index in [-0.39, 0.29) is 36.2 Å². The predicted molar refractivity (Wildman–Crippen MR) is 94.0 cm³/mol. The molecule has 4 rings (SSSR count). The van der Waals surface area contributed by atoms with Gasteiger partial charge < -0.3 is 20.6 Å². The minimum atomic E-state index is -0.919. The Hall–Kier alpha value is -1.63. The van der Waals surface area contributed by atoms with Gasteiger partial charge in [0.2, 0.25) is 11.8 Å². The van der Waals surface area contributed by atoms with Crippen molar-refractivity contribution in [2.45, 2.75) is 69.5 Å². The summed E-state index contributed by atoms with van der Waals surface area (Å²) in [5.41, 5.74) is 6.31. The highest BCUT2D eigenvalue weighted by molar-refractivity contribution is 5.86. The van der Waals surface area contributed by atoms with Gasteiger partial charge in [-0.1, -0.05) is 19.3 Å². The first kappa shape index (κ1) is 17.8. The molecule has 2 aliphatic heterocycles. The van der Waals surface area contributed by atoms with E-state index in [1.54, 1.807) is 9.80 Å². The summed E-state index contributed by atoms with van der Waals surface area (Å²) >= 11 is 0. The molecule has 7 nitrogen and oxygen atoms in total. The smallest absolute Gasteiger partial charge is 0.310 e. The minimum absolute atomic E-state index is 0.0671. The Kier molecular flexibility index (Phi) is 4.67. The molecule has 0 radical (unpaired) electrons. The fourth-order valence-electron chi connectivity index (χ4n) is 5.27. The molecule has 3 N–H and O–H groups in total. The summed E-state index contributed by atoms with van der Waals surface area (Å²) in [6.45, 7) is 0.731. The fraction of sp³-hybridized carbons (Fsp3) is 0.842. The normalized spacial score (nSPS) is 33.2. The van der Waals surface area contributed by atoms with Crippen LogP contribution in [0.3, 0.4) is 0 Å². The Morgan fingerprint density at radius 1 is 0.962 bits per heavy atom. The van der Waals surface area contributed by atoms with Crippen molar-refractivity contribution in [3.05, 3.63) is 0 Å². The highest BCUT2D eigenvalue weighted by Gasteiger charge is 2.56. The zero-order chi connectivity index (χ0) is 18.4. The second-order valence-corrected chi connectivity index (χ2v) is 8.51. The average molecular weight is 363 g/mol. The summed E-state index contributed by atoms with van der Waals surface area (Å²) in [5, 5.41) is 9.69. The second-order valence-electron chi connectivity index (χ2n) is 8.51. The molecule has 4 fully saturated rings. The number of carboxylic acid groups (broad SMARTS) is 1. The molecule has 4 unspecified atom stereocenters. The molecule has 0 bridgehead atoms. The maximum absolute atomic E-state index is 13.1. The van der Waals surface area contributed by atoms with Crippen LogP contribution in [0.4, 0.5) is 0 Å². The number of rotatable bonds is 4. The average Bonchev–Trinajstić information content (AvgIpc) is 3.30. The van der Waals surface area contributed by atoms with E-state index in [0.717, 1.165) is 38.5 Å². The van der Waals surface area contributed by atoms with Crippen LogP contribution in [0.1, 0.15) is 51.4 Å². The SMILES string of the molecule is NC(C(=O)N1CCC2C1C(C(=O)O)CN2C(=O)C1CC1)C1CCCCC1. The highest BCUT2D eigenvalue weighted by Crippen LogP contribution is 2.41. The lowest BCUT2D eigenvalue weighted by molar-refractivity contribution is -0.145. The largest absolute Gasteiger partial charge is 0.481 e. The molecule has 4 aliphatic rings. The molecule has 0 aromatic rings. The number of hydrogen-bond donors (Lipinski definition) is 2. The maximum Gasteiger partial charge on any atom is 0.310 e. The van der Waals surface area contributed by atoms with E-state index in [0.29, 0.717) is 13.0 Å². The van der Waals surface area contributed by atoms with E-state index < -0.39 is 24.0 Å². The predicted octanol–water partition coefficient (Wildman–Crippen LogP) is 0.817. The summed E-state index contributed by atoms with van der Waals surface area (Å²) in [6, 6.07) is -1.12. The number of likely N-dealkylation sites (tertiary alicyclic amines) is 2. The molecule has 2 heterocycles. The lowest BCUT2D eigenvalue weighted by atomic mass is 9.83. The van der Waals surface area contributed by atoms with Gasteiger partial charge in [-0.25, -0.2) is 0 Å². The number of fused-ring (bicyclic) bond motifs is 1. The number of carboxylic acids is 1. The highest BCUT2D eigenvalue weighted by atomic mass is 16.4. The first-order valence-corrected chi connectivity index (χ1v) is 10.1. The molecule has 26 heavy (non-hydrogen) atoms. The quantitative estimate of drug-likeness (QED) is 0.769. The zero-order valence-corrected chi connectivity index (χ0v) is 15.2. The van der Waals surface area contributed by atoms with E-state index in [1.165, 1.54) is 6.42 Å². The van der Waals surface area contributed by atoms with Crippen LogP contribution in [0.15, 0.2) is 0 Å². The van der Waals surface area contributed by atoms with Crippen LogP contribution in [-0.4, -0.2) is 63.9 Å². The van der Waals surface area contributed by atoms with Crippen molar-refractivity contribution in [1.82, 2.24) is 9.80 Å². The second kappa shape index (κ2) is 6.83. The van der Waals surface area contributed by atoms with Gasteiger partial charge in [0.15, 0.2) is 0 Å². The number of nitrogens with two attached hydrogens (primary N) is 1. The Morgan fingerprint density at radius 2 is 1.65 bits per heavy atom. The Bertz CT molecular complexity index is 600. The molecule has 2 saturated carbocycles. The molecule has 0 aromatic carbocycles. The summed E-state index contributed by atoms with van der Waals surface area (Å²) in [6.07, 6.45) is 7.84. The van der Waals surface area contributed by atoms with Gasteiger partial charge in [0.05, 0.1) is 24.0 Å². The molecule has 2 saturated heterocycles. The van der Waals surface area contributed by atoms with E-state index in [4.69, 9.17) is 5.73 Å². The first-order chi connectivity index (χ1) is 12.5. The summed E-state index contributed by atoms with van der Waals surface area (Å²) < 4.78 is 0. The van der Waals surface area contributed by atoms with Crippen molar-refractivity contribution < 1.29 is 19.5 Å². The van der Waals surface area contributed by atoms with Gasteiger partial charge in [-0.05, 0) is 38.0 Å². The molecular weight excluding hydrogens is 334 g/mol. The van der Waals surface area contributed by atoms with Crippen LogP contribution in [0.2, 0.25) is 0 Å². The molecule has 0 aromatic heterocycles. The summed E-state index contributed by atoms with van der Waals surface area (Å²) in [7, 11) is 0. The molecule has 2 amide bonds. The van der Waals surface area contributed by atoms with Crippen LogP contribution in [0.5, 0.6) is 0 Å². The number of carbonyl (C=O) groups excluding carboxylic acids is 2. The van der Waals surface area contributed by atoms with Gasteiger partial charge >= 0.3 is 5.97 Å². The molecule has 2 aliphatic carbocycles. The van der Waals surface area contributed by atoms with Gasteiger partial charge in [0, 0.05) is 19.0 Å². The molecule has 4 atom stereocenters. The van der Waals surface area contributed by atoms with Crippen molar-refractivity contribution >= 4 is 17.8 Å². The zero-order valence-electron chi connectivity index (χ0n) is 15.2. The Morgan fingerprint density at radius 3 is 2.27 bits per heavy atom. The maximum atomic E-state index is 13.1. The van der Waals surface area contributed by atoms with E-state index in [9.17, 15) is 19.5 Å². The van der Waals surface area contributed by atoms with E-state index in [1.807, 2.05) is 0 Å². The number of nitrogens with zero attached hydrogens (tertiary/aromatic N) is 2. The topological polar surface area (TPSA) is 104 Å². The van der Waals surface area contributed by atoms with Gasteiger partial charge in [-0.3, -0.25) is 14.4 Å². The van der Waals surface area contributed by atoms with Crippen molar-refractivity contribution in [2.75, 3.05) is 13.1 Å². The molecule has 144 valence electrons. The number of hydrogen-bond acceptors (Lipinski definition) is 4. The van der Waals surface area contributed by atoms with Gasteiger partial charge in [0.1, 0.15) is 0 Å². The monoisotopic (exact) mass is 363 g/mol. The Labute approximate surface area is 153 Å². The first-order valence-electron chi connectivity index (χ1n) is 10.1. The van der Waals surface area contributed by atoms with E-state index >= 15 is 0 Å². The van der Waals surface area contributed by atoms with Crippen LogP contribution < -0.4 is 5.73 Å². The van der Waals surface area contributed by atoms with Crippen LogP contribution in [0, 0.1) is 17.8 Å². The van der Waals surface area contributed by atoms with Crippen molar-refractivity contribution in [3.63, 3.8) is 0 Å². The van der Waals surface area contributed by atoms with Gasteiger partial charge in [-0.2, -0.15) is 0 Å². The van der Waals surface area contributed by atoms with Crippen LogP contribution in [-0.2, 0) is 14.4 Å². The third-order valence-corrected chi connectivity index (χ3v) is 6.88. The van der Waals surface area contributed by atoms with Crippen molar-refractivity contribution in [3.8, 4) is 0 Å². The summed E-state index contributed by atoms with van der Waals surface area (Å²) in [5.74, 6) is -1.39. The minimum Gasteiger partial charge on any atom is -0.481 e. The number of aliphatic carboxylic acids is 1. The third-order valence-electron chi connectivity index (χ3n) is 6.88.